The Morgan fingerprint density at radius 1 is 1.61 bits per heavy atom. The van der Waals surface area contributed by atoms with Crippen molar-refractivity contribution in [2.45, 2.75) is 20.3 Å². The molecular weight excluding hydrogens is 294 g/mol. The molecule has 1 amide bonds. The quantitative estimate of drug-likeness (QED) is 0.899. The van der Waals surface area contributed by atoms with Gasteiger partial charge in [-0.15, -0.1) is 0 Å². The number of aromatic nitrogens is 1. The van der Waals surface area contributed by atoms with Gasteiger partial charge < -0.3 is 10.6 Å². The molecule has 5 heteroatoms. The maximum Gasteiger partial charge on any atom is 0.255 e. The normalized spacial score (nSPS) is 20.3. The lowest BCUT2D eigenvalue weighted by Gasteiger charge is -2.10. The van der Waals surface area contributed by atoms with Crippen LogP contribution in [-0.2, 0) is 0 Å². The number of amides is 1. The third kappa shape index (κ3) is 2.83. The van der Waals surface area contributed by atoms with E-state index in [0.29, 0.717) is 22.7 Å². The van der Waals surface area contributed by atoms with Crippen molar-refractivity contribution >= 4 is 27.7 Å². The molecule has 1 aromatic heterocycles. The van der Waals surface area contributed by atoms with Crippen molar-refractivity contribution in [1.82, 2.24) is 10.3 Å². The molecule has 0 spiro atoms. The van der Waals surface area contributed by atoms with E-state index in [2.05, 4.69) is 45.4 Å². The number of rotatable bonds is 4. The summed E-state index contributed by atoms with van der Waals surface area (Å²) >= 11 is 3.33. The SMILES string of the molecule is CNc1ncc(Br)cc1C(=O)NCC1CC1(C)C. The van der Waals surface area contributed by atoms with Crippen LogP contribution in [-0.4, -0.2) is 24.5 Å². The molecule has 2 N–H and O–H groups in total. The number of carbonyl (C=O) groups excluding carboxylic acids is 1. The summed E-state index contributed by atoms with van der Waals surface area (Å²) in [7, 11) is 1.76. The van der Waals surface area contributed by atoms with Gasteiger partial charge in [0, 0.05) is 24.3 Å². The summed E-state index contributed by atoms with van der Waals surface area (Å²) in [6, 6.07) is 1.78. The molecule has 1 heterocycles. The fourth-order valence-corrected chi connectivity index (χ4v) is 2.38. The lowest BCUT2D eigenvalue weighted by Crippen LogP contribution is -2.27. The summed E-state index contributed by atoms with van der Waals surface area (Å²) in [5.74, 6) is 1.13. The van der Waals surface area contributed by atoms with Gasteiger partial charge in [-0.05, 0) is 39.8 Å². The van der Waals surface area contributed by atoms with Gasteiger partial charge in [-0.25, -0.2) is 4.98 Å². The van der Waals surface area contributed by atoms with E-state index >= 15 is 0 Å². The Labute approximate surface area is 116 Å². The van der Waals surface area contributed by atoms with E-state index in [9.17, 15) is 4.79 Å². The van der Waals surface area contributed by atoms with Gasteiger partial charge in [0.05, 0.1) is 5.56 Å². The molecule has 0 bridgehead atoms. The van der Waals surface area contributed by atoms with Gasteiger partial charge in [-0.1, -0.05) is 13.8 Å². The summed E-state index contributed by atoms with van der Waals surface area (Å²) in [4.78, 5) is 16.3. The van der Waals surface area contributed by atoms with Gasteiger partial charge in [0.15, 0.2) is 0 Å². The number of anilines is 1. The minimum atomic E-state index is -0.0733. The van der Waals surface area contributed by atoms with Crippen molar-refractivity contribution < 1.29 is 4.79 Å². The Kier molecular flexibility index (Phi) is 3.61. The van der Waals surface area contributed by atoms with Crippen LogP contribution in [0.1, 0.15) is 30.6 Å². The topological polar surface area (TPSA) is 54.0 Å². The third-order valence-corrected chi connectivity index (χ3v) is 4.00. The standard InChI is InChI=1S/C13H18BrN3O/c1-13(2)5-8(13)6-17-12(18)10-4-9(14)7-16-11(10)15-3/h4,7-8H,5-6H2,1-3H3,(H,15,16)(H,17,18). The average Bonchev–Trinajstić information content (AvgIpc) is 2.94. The number of pyridine rings is 1. The first-order valence-corrected chi connectivity index (χ1v) is 6.85. The highest BCUT2D eigenvalue weighted by Gasteiger charge is 2.45. The van der Waals surface area contributed by atoms with E-state index in [-0.39, 0.29) is 5.91 Å². The molecule has 0 saturated heterocycles. The van der Waals surface area contributed by atoms with Crippen LogP contribution in [0.3, 0.4) is 0 Å². The molecule has 18 heavy (non-hydrogen) atoms. The van der Waals surface area contributed by atoms with Crippen LogP contribution in [0.4, 0.5) is 5.82 Å². The van der Waals surface area contributed by atoms with Gasteiger partial charge >= 0.3 is 0 Å². The Morgan fingerprint density at radius 3 is 2.83 bits per heavy atom. The summed E-state index contributed by atoms with van der Waals surface area (Å²) in [5.41, 5.74) is 0.958. The highest BCUT2D eigenvalue weighted by atomic mass is 79.9. The van der Waals surface area contributed by atoms with Crippen LogP contribution in [0.25, 0.3) is 0 Å². The Balaban J connectivity index is 2.02. The highest BCUT2D eigenvalue weighted by molar-refractivity contribution is 9.10. The highest BCUT2D eigenvalue weighted by Crippen LogP contribution is 2.50. The molecule has 1 aliphatic rings. The number of hydrogen-bond acceptors (Lipinski definition) is 3. The van der Waals surface area contributed by atoms with Crippen LogP contribution in [0.2, 0.25) is 0 Å². The van der Waals surface area contributed by atoms with E-state index in [0.717, 1.165) is 11.0 Å². The largest absolute Gasteiger partial charge is 0.372 e. The van der Waals surface area contributed by atoms with Crippen molar-refractivity contribution in [3.63, 3.8) is 0 Å². The molecule has 1 aromatic rings. The Bertz CT molecular complexity index is 473. The average molecular weight is 312 g/mol. The smallest absolute Gasteiger partial charge is 0.255 e. The lowest BCUT2D eigenvalue weighted by atomic mass is 10.1. The molecule has 2 rings (SSSR count). The first kappa shape index (κ1) is 13.3. The van der Waals surface area contributed by atoms with Gasteiger partial charge in [0.1, 0.15) is 5.82 Å². The molecule has 1 unspecified atom stereocenters. The second-order valence-electron chi connectivity index (χ2n) is 5.40. The predicted octanol–water partition coefficient (Wildman–Crippen LogP) is 2.66. The van der Waals surface area contributed by atoms with Crippen LogP contribution in [0, 0.1) is 11.3 Å². The minimum absolute atomic E-state index is 0.0733. The molecular formula is C13H18BrN3O. The summed E-state index contributed by atoms with van der Waals surface area (Å²) in [6.07, 6.45) is 2.86. The molecule has 0 aliphatic heterocycles. The second kappa shape index (κ2) is 4.88. The van der Waals surface area contributed by atoms with E-state index in [4.69, 9.17) is 0 Å². The molecule has 98 valence electrons. The zero-order chi connectivity index (χ0) is 13.3. The van der Waals surface area contributed by atoms with E-state index in [1.807, 2.05) is 0 Å². The molecule has 1 saturated carbocycles. The fraction of sp³-hybridized carbons (Fsp3) is 0.538. The van der Waals surface area contributed by atoms with Crippen LogP contribution in [0.5, 0.6) is 0 Å². The minimum Gasteiger partial charge on any atom is -0.372 e. The Hall–Kier alpha value is -1.10. The van der Waals surface area contributed by atoms with Gasteiger partial charge in [0.25, 0.3) is 5.91 Å². The van der Waals surface area contributed by atoms with Crippen molar-refractivity contribution in [1.29, 1.82) is 0 Å². The number of carbonyl (C=O) groups is 1. The second-order valence-corrected chi connectivity index (χ2v) is 6.32. The first-order valence-electron chi connectivity index (χ1n) is 6.05. The van der Waals surface area contributed by atoms with E-state index in [1.165, 1.54) is 6.42 Å². The molecule has 4 nitrogen and oxygen atoms in total. The molecule has 0 aromatic carbocycles. The van der Waals surface area contributed by atoms with Gasteiger partial charge in [-0.3, -0.25) is 4.79 Å². The zero-order valence-electron chi connectivity index (χ0n) is 10.9. The van der Waals surface area contributed by atoms with Crippen molar-refractivity contribution in [2.24, 2.45) is 11.3 Å². The number of nitrogens with zero attached hydrogens (tertiary/aromatic N) is 1. The maximum atomic E-state index is 12.1. The fourth-order valence-electron chi connectivity index (χ4n) is 2.05. The molecule has 1 aliphatic carbocycles. The number of hydrogen-bond donors (Lipinski definition) is 2. The number of nitrogens with one attached hydrogen (secondary N) is 2. The third-order valence-electron chi connectivity index (χ3n) is 3.56. The lowest BCUT2D eigenvalue weighted by molar-refractivity contribution is 0.0951. The van der Waals surface area contributed by atoms with Crippen molar-refractivity contribution in [2.75, 3.05) is 18.9 Å². The van der Waals surface area contributed by atoms with Crippen LogP contribution < -0.4 is 10.6 Å². The predicted molar refractivity (Wildman–Crippen MR) is 75.7 cm³/mol. The van der Waals surface area contributed by atoms with E-state index in [1.54, 1.807) is 19.3 Å². The van der Waals surface area contributed by atoms with Gasteiger partial charge in [0.2, 0.25) is 0 Å². The Morgan fingerprint density at radius 2 is 2.28 bits per heavy atom. The first-order chi connectivity index (χ1) is 8.44. The summed E-state index contributed by atoms with van der Waals surface area (Å²) < 4.78 is 0.804. The zero-order valence-corrected chi connectivity index (χ0v) is 12.5. The van der Waals surface area contributed by atoms with Crippen LogP contribution in [0.15, 0.2) is 16.7 Å². The van der Waals surface area contributed by atoms with Gasteiger partial charge in [-0.2, -0.15) is 0 Å². The summed E-state index contributed by atoms with van der Waals surface area (Å²) in [6.45, 7) is 5.19. The van der Waals surface area contributed by atoms with E-state index < -0.39 is 0 Å². The molecule has 1 atom stereocenters. The molecule has 1 fully saturated rings. The summed E-state index contributed by atoms with van der Waals surface area (Å²) in [5, 5.41) is 5.91. The van der Waals surface area contributed by atoms with Crippen LogP contribution >= 0.6 is 15.9 Å². The monoisotopic (exact) mass is 311 g/mol. The maximum absolute atomic E-state index is 12.1. The van der Waals surface area contributed by atoms with Crippen molar-refractivity contribution in [3.05, 3.63) is 22.3 Å². The number of halogens is 1. The van der Waals surface area contributed by atoms with Crippen molar-refractivity contribution in [3.8, 4) is 0 Å². The molecule has 0 radical (unpaired) electrons.